The third kappa shape index (κ3) is 3.07. The zero-order chi connectivity index (χ0) is 11.4. The molecular weight excluding hydrogens is 218 g/mol. The van der Waals surface area contributed by atoms with E-state index in [4.69, 9.17) is 22.4 Å². The maximum Gasteiger partial charge on any atom is 0.107 e. The molecule has 1 aromatic rings. The van der Waals surface area contributed by atoms with E-state index in [0.29, 0.717) is 16.3 Å². The standard InChI is InChI=1S/C10H14ClNO3/c11-6-1-2-7(8(12)5-6)10(15)9(14)3-4-13/h1-2,5,9-10,13-15H,3-4,12H2. The Bertz CT molecular complexity index is 332. The summed E-state index contributed by atoms with van der Waals surface area (Å²) in [6.45, 7) is -0.189. The highest BCUT2D eigenvalue weighted by atomic mass is 35.5. The number of aliphatic hydroxyl groups is 3. The molecule has 0 bridgehead atoms. The van der Waals surface area contributed by atoms with Crippen LogP contribution in [0.5, 0.6) is 0 Å². The molecule has 4 nitrogen and oxygen atoms in total. The van der Waals surface area contributed by atoms with Crippen molar-refractivity contribution in [2.75, 3.05) is 12.3 Å². The van der Waals surface area contributed by atoms with Gasteiger partial charge in [-0.3, -0.25) is 0 Å². The molecule has 0 radical (unpaired) electrons. The second-order valence-electron chi connectivity index (χ2n) is 3.30. The van der Waals surface area contributed by atoms with Crippen molar-refractivity contribution in [3.63, 3.8) is 0 Å². The van der Waals surface area contributed by atoms with Crippen LogP contribution in [0.25, 0.3) is 0 Å². The van der Waals surface area contributed by atoms with Gasteiger partial charge in [0.15, 0.2) is 0 Å². The number of hydrogen-bond acceptors (Lipinski definition) is 4. The fraction of sp³-hybridized carbons (Fsp3) is 0.400. The van der Waals surface area contributed by atoms with Gasteiger partial charge in [0.05, 0.1) is 6.10 Å². The van der Waals surface area contributed by atoms with Crippen LogP contribution in [0.4, 0.5) is 5.69 Å². The SMILES string of the molecule is Nc1cc(Cl)ccc1C(O)C(O)CCO. The molecule has 0 spiro atoms. The fourth-order valence-electron chi connectivity index (χ4n) is 1.31. The van der Waals surface area contributed by atoms with E-state index in [-0.39, 0.29) is 13.0 Å². The van der Waals surface area contributed by atoms with Crippen LogP contribution in [0, 0.1) is 0 Å². The molecule has 1 aromatic carbocycles. The highest BCUT2D eigenvalue weighted by Gasteiger charge is 2.19. The van der Waals surface area contributed by atoms with Gasteiger partial charge in [0.2, 0.25) is 0 Å². The van der Waals surface area contributed by atoms with Crippen molar-refractivity contribution in [2.45, 2.75) is 18.6 Å². The van der Waals surface area contributed by atoms with Crippen LogP contribution in [0.2, 0.25) is 5.02 Å². The Balaban J connectivity index is 2.86. The largest absolute Gasteiger partial charge is 0.398 e. The number of rotatable bonds is 4. The van der Waals surface area contributed by atoms with Crippen LogP contribution in [0.3, 0.4) is 0 Å². The fourth-order valence-corrected chi connectivity index (χ4v) is 1.49. The van der Waals surface area contributed by atoms with E-state index < -0.39 is 12.2 Å². The summed E-state index contributed by atoms with van der Waals surface area (Å²) in [6, 6.07) is 4.65. The highest BCUT2D eigenvalue weighted by Crippen LogP contribution is 2.26. The molecule has 5 N–H and O–H groups in total. The summed E-state index contributed by atoms with van der Waals surface area (Å²) in [6.07, 6.45) is -2.03. The van der Waals surface area contributed by atoms with E-state index in [1.165, 1.54) is 6.07 Å². The van der Waals surface area contributed by atoms with Gasteiger partial charge in [-0.2, -0.15) is 0 Å². The molecule has 0 heterocycles. The lowest BCUT2D eigenvalue weighted by Gasteiger charge is -2.18. The summed E-state index contributed by atoms with van der Waals surface area (Å²) < 4.78 is 0. The zero-order valence-corrected chi connectivity index (χ0v) is 8.85. The van der Waals surface area contributed by atoms with Gasteiger partial charge in [0.1, 0.15) is 6.10 Å². The topological polar surface area (TPSA) is 86.7 Å². The minimum atomic E-state index is -1.10. The average Bonchev–Trinajstić information content (AvgIpc) is 2.17. The second-order valence-corrected chi connectivity index (χ2v) is 3.73. The molecule has 0 saturated heterocycles. The van der Waals surface area contributed by atoms with Crippen molar-refractivity contribution in [2.24, 2.45) is 0 Å². The summed E-state index contributed by atoms with van der Waals surface area (Å²) in [4.78, 5) is 0. The smallest absolute Gasteiger partial charge is 0.107 e. The maximum atomic E-state index is 9.71. The molecule has 0 aliphatic heterocycles. The van der Waals surface area contributed by atoms with E-state index in [1.807, 2.05) is 0 Å². The molecule has 15 heavy (non-hydrogen) atoms. The van der Waals surface area contributed by atoms with Gasteiger partial charge in [-0.25, -0.2) is 0 Å². The number of anilines is 1. The number of aliphatic hydroxyl groups excluding tert-OH is 3. The third-order valence-electron chi connectivity index (χ3n) is 2.16. The van der Waals surface area contributed by atoms with Crippen LogP contribution >= 0.6 is 11.6 Å². The van der Waals surface area contributed by atoms with Gasteiger partial charge < -0.3 is 21.1 Å². The lowest BCUT2D eigenvalue weighted by molar-refractivity contribution is 0.00461. The van der Waals surface area contributed by atoms with Gasteiger partial charge >= 0.3 is 0 Å². The Hall–Kier alpha value is -0.810. The van der Waals surface area contributed by atoms with Crippen molar-refractivity contribution in [1.82, 2.24) is 0 Å². The molecule has 0 aliphatic carbocycles. The van der Waals surface area contributed by atoms with Crippen LogP contribution in [0.15, 0.2) is 18.2 Å². The first-order chi connectivity index (χ1) is 7.06. The summed E-state index contributed by atoms with van der Waals surface area (Å²) in [7, 11) is 0. The normalized spacial score (nSPS) is 14.9. The van der Waals surface area contributed by atoms with Crippen molar-refractivity contribution >= 4 is 17.3 Å². The van der Waals surface area contributed by atoms with E-state index in [1.54, 1.807) is 12.1 Å². The van der Waals surface area contributed by atoms with Gasteiger partial charge in [-0.05, 0) is 18.6 Å². The molecule has 84 valence electrons. The van der Waals surface area contributed by atoms with Crippen molar-refractivity contribution in [3.05, 3.63) is 28.8 Å². The second kappa shape index (κ2) is 5.32. The zero-order valence-electron chi connectivity index (χ0n) is 8.10. The van der Waals surface area contributed by atoms with Gasteiger partial charge in [-0.1, -0.05) is 17.7 Å². The first-order valence-corrected chi connectivity index (χ1v) is 4.96. The number of nitrogens with two attached hydrogens (primary N) is 1. The molecule has 2 unspecified atom stereocenters. The molecule has 0 aliphatic rings. The maximum absolute atomic E-state index is 9.71. The van der Waals surface area contributed by atoms with Gasteiger partial charge in [0, 0.05) is 22.9 Å². The molecule has 0 saturated carbocycles. The van der Waals surface area contributed by atoms with Crippen LogP contribution in [-0.2, 0) is 0 Å². The molecule has 0 amide bonds. The predicted molar refractivity (Wildman–Crippen MR) is 58.5 cm³/mol. The van der Waals surface area contributed by atoms with E-state index in [2.05, 4.69) is 0 Å². The third-order valence-corrected chi connectivity index (χ3v) is 2.39. The first kappa shape index (κ1) is 12.3. The van der Waals surface area contributed by atoms with E-state index in [9.17, 15) is 10.2 Å². The van der Waals surface area contributed by atoms with E-state index >= 15 is 0 Å². The number of nitrogen functional groups attached to an aromatic ring is 1. The first-order valence-electron chi connectivity index (χ1n) is 4.58. The number of hydrogen-bond donors (Lipinski definition) is 4. The van der Waals surface area contributed by atoms with E-state index in [0.717, 1.165) is 0 Å². The molecular formula is C10H14ClNO3. The van der Waals surface area contributed by atoms with Crippen LogP contribution < -0.4 is 5.73 Å². The molecule has 2 atom stereocenters. The average molecular weight is 232 g/mol. The molecule has 1 rings (SSSR count). The van der Waals surface area contributed by atoms with Crippen LogP contribution in [-0.4, -0.2) is 28.0 Å². The molecule has 5 heteroatoms. The molecule has 0 aromatic heterocycles. The Morgan fingerprint density at radius 1 is 1.33 bits per heavy atom. The Kier molecular flexibility index (Phi) is 4.35. The van der Waals surface area contributed by atoms with Gasteiger partial charge in [0.25, 0.3) is 0 Å². The lowest BCUT2D eigenvalue weighted by Crippen LogP contribution is -2.20. The van der Waals surface area contributed by atoms with Crippen molar-refractivity contribution < 1.29 is 15.3 Å². The monoisotopic (exact) mass is 231 g/mol. The minimum absolute atomic E-state index is 0.100. The quantitative estimate of drug-likeness (QED) is 0.575. The Morgan fingerprint density at radius 3 is 2.53 bits per heavy atom. The Labute approximate surface area is 92.9 Å². The lowest BCUT2D eigenvalue weighted by atomic mass is 10.0. The van der Waals surface area contributed by atoms with Crippen molar-refractivity contribution in [3.8, 4) is 0 Å². The minimum Gasteiger partial charge on any atom is -0.398 e. The Morgan fingerprint density at radius 2 is 2.00 bits per heavy atom. The summed E-state index contributed by atoms with van der Waals surface area (Å²) in [5.41, 5.74) is 6.38. The van der Waals surface area contributed by atoms with Crippen LogP contribution in [0.1, 0.15) is 18.1 Å². The summed E-state index contributed by atoms with van der Waals surface area (Å²) >= 11 is 5.70. The molecule has 0 fully saturated rings. The summed E-state index contributed by atoms with van der Waals surface area (Å²) in [5.74, 6) is 0. The number of benzene rings is 1. The summed E-state index contributed by atoms with van der Waals surface area (Å²) in [5, 5.41) is 28.3. The van der Waals surface area contributed by atoms with Gasteiger partial charge in [-0.15, -0.1) is 0 Å². The number of halogens is 1. The van der Waals surface area contributed by atoms with Crippen molar-refractivity contribution in [1.29, 1.82) is 0 Å². The predicted octanol–water partition coefficient (Wildman–Crippen LogP) is 0.699. The highest BCUT2D eigenvalue weighted by molar-refractivity contribution is 6.30.